The minimum absolute atomic E-state index is 0.432. The van der Waals surface area contributed by atoms with E-state index in [0.717, 1.165) is 68.0 Å². The first-order valence-corrected chi connectivity index (χ1v) is 9.43. The van der Waals surface area contributed by atoms with Gasteiger partial charge < -0.3 is 19.4 Å². The maximum atomic E-state index is 5.62. The predicted octanol–water partition coefficient (Wildman–Crippen LogP) is 3.17. The molecule has 0 amide bonds. The van der Waals surface area contributed by atoms with Crippen LogP contribution in [0.25, 0.3) is 11.0 Å². The van der Waals surface area contributed by atoms with Gasteiger partial charge in [0, 0.05) is 38.3 Å². The van der Waals surface area contributed by atoms with E-state index >= 15 is 0 Å². The number of benzene rings is 1. The standard InChI is InChI=1S/C21H23N3O2/c1(15-2-4-19-16(13-15)6-11-25-19)3-17-14-22-9-10-24(17)21-18-7-12-26-20(18)5-8-23-21/h2,4-5,7-8,12-13,17,22H,1,3,6,9-11,14H2. The zero-order chi connectivity index (χ0) is 17.3. The molecule has 5 nitrogen and oxygen atoms in total. The van der Waals surface area contributed by atoms with Crippen LogP contribution in [0.1, 0.15) is 17.5 Å². The number of pyridine rings is 1. The smallest absolute Gasteiger partial charge is 0.140 e. The maximum Gasteiger partial charge on any atom is 0.140 e. The van der Waals surface area contributed by atoms with Crippen LogP contribution in [0.5, 0.6) is 5.75 Å². The van der Waals surface area contributed by atoms with Crippen molar-refractivity contribution in [3.63, 3.8) is 0 Å². The molecule has 0 radical (unpaired) electrons. The van der Waals surface area contributed by atoms with Gasteiger partial charge in [0.05, 0.1) is 18.3 Å². The topological polar surface area (TPSA) is 50.5 Å². The van der Waals surface area contributed by atoms with Crippen molar-refractivity contribution < 1.29 is 9.15 Å². The van der Waals surface area contributed by atoms with E-state index in [1.165, 1.54) is 11.1 Å². The zero-order valence-electron chi connectivity index (χ0n) is 14.8. The van der Waals surface area contributed by atoms with Crippen molar-refractivity contribution in [3.05, 3.63) is 53.9 Å². The van der Waals surface area contributed by atoms with E-state index in [1.54, 1.807) is 6.26 Å². The number of fused-ring (bicyclic) bond motifs is 2. The summed E-state index contributed by atoms with van der Waals surface area (Å²) >= 11 is 0. The van der Waals surface area contributed by atoms with E-state index in [1.807, 2.05) is 18.3 Å². The highest BCUT2D eigenvalue weighted by molar-refractivity contribution is 5.88. The second-order valence-electron chi connectivity index (χ2n) is 7.10. The summed E-state index contributed by atoms with van der Waals surface area (Å²) in [7, 11) is 0. The number of hydrogen-bond donors (Lipinski definition) is 1. The molecule has 4 heterocycles. The first-order valence-electron chi connectivity index (χ1n) is 9.43. The second kappa shape index (κ2) is 6.65. The quantitative estimate of drug-likeness (QED) is 0.784. The lowest BCUT2D eigenvalue weighted by atomic mass is 10.00. The van der Waals surface area contributed by atoms with Crippen molar-refractivity contribution in [1.82, 2.24) is 10.3 Å². The fraction of sp³-hybridized carbons (Fsp3) is 0.381. The third-order valence-electron chi connectivity index (χ3n) is 5.50. The van der Waals surface area contributed by atoms with Gasteiger partial charge in [0.15, 0.2) is 0 Å². The number of nitrogens with zero attached hydrogens (tertiary/aromatic N) is 2. The fourth-order valence-electron chi connectivity index (χ4n) is 4.14. The number of nitrogens with one attached hydrogen (secondary N) is 1. The van der Waals surface area contributed by atoms with Gasteiger partial charge in [-0.05, 0) is 42.2 Å². The molecule has 1 unspecified atom stereocenters. The number of hydrogen-bond acceptors (Lipinski definition) is 5. The Morgan fingerprint density at radius 2 is 2.23 bits per heavy atom. The van der Waals surface area contributed by atoms with Crippen LogP contribution in [0.4, 0.5) is 5.82 Å². The zero-order valence-corrected chi connectivity index (χ0v) is 14.8. The monoisotopic (exact) mass is 349 g/mol. The molecule has 1 saturated heterocycles. The Balaban J connectivity index is 1.36. The third-order valence-corrected chi connectivity index (χ3v) is 5.50. The number of piperazine rings is 1. The Hall–Kier alpha value is -2.53. The third kappa shape index (κ3) is 2.82. The summed E-state index contributed by atoms with van der Waals surface area (Å²) in [5.41, 5.74) is 3.66. The molecule has 0 bridgehead atoms. The fourth-order valence-corrected chi connectivity index (χ4v) is 4.14. The maximum absolute atomic E-state index is 5.62. The lowest BCUT2D eigenvalue weighted by Gasteiger charge is -2.37. The summed E-state index contributed by atoms with van der Waals surface area (Å²) in [6.45, 7) is 3.77. The summed E-state index contributed by atoms with van der Waals surface area (Å²) in [6.07, 6.45) is 6.80. The summed E-state index contributed by atoms with van der Waals surface area (Å²) in [5.74, 6) is 2.11. The van der Waals surface area contributed by atoms with E-state index in [-0.39, 0.29) is 0 Å². The molecule has 0 spiro atoms. The van der Waals surface area contributed by atoms with Gasteiger partial charge >= 0.3 is 0 Å². The Labute approximate surface area is 153 Å². The molecular formula is C21H23N3O2. The highest BCUT2D eigenvalue weighted by atomic mass is 16.5. The van der Waals surface area contributed by atoms with Crippen LogP contribution in [0, 0.1) is 0 Å². The Kier molecular flexibility index (Phi) is 4.02. The highest BCUT2D eigenvalue weighted by Gasteiger charge is 2.25. The van der Waals surface area contributed by atoms with E-state index < -0.39 is 0 Å². The van der Waals surface area contributed by atoms with E-state index in [4.69, 9.17) is 9.15 Å². The molecule has 1 atom stereocenters. The van der Waals surface area contributed by atoms with E-state index in [2.05, 4.69) is 33.4 Å². The van der Waals surface area contributed by atoms with Gasteiger partial charge in [-0.2, -0.15) is 0 Å². The van der Waals surface area contributed by atoms with Crippen LogP contribution in [-0.4, -0.2) is 37.3 Å². The van der Waals surface area contributed by atoms with Crippen LogP contribution in [0.15, 0.2) is 47.2 Å². The molecule has 1 aromatic carbocycles. The Morgan fingerprint density at radius 3 is 3.23 bits per heavy atom. The van der Waals surface area contributed by atoms with Crippen molar-refractivity contribution in [2.75, 3.05) is 31.1 Å². The largest absolute Gasteiger partial charge is 0.493 e. The van der Waals surface area contributed by atoms with Gasteiger partial charge in [0.1, 0.15) is 17.2 Å². The van der Waals surface area contributed by atoms with Crippen molar-refractivity contribution >= 4 is 16.8 Å². The van der Waals surface area contributed by atoms with Crippen molar-refractivity contribution in [2.24, 2.45) is 0 Å². The van der Waals surface area contributed by atoms with Gasteiger partial charge in [-0.25, -0.2) is 4.98 Å². The van der Waals surface area contributed by atoms with Crippen LogP contribution >= 0.6 is 0 Å². The normalized spacial score (nSPS) is 19.5. The SMILES string of the molecule is c1cc2occc2c(N2CCNCC2CCc2ccc3c(c2)CCO3)n1. The molecule has 1 N–H and O–H groups in total. The molecule has 2 aliphatic rings. The van der Waals surface area contributed by atoms with E-state index in [9.17, 15) is 0 Å². The number of furan rings is 1. The molecular weight excluding hydrogens is 326 g/mol. The average Bonchev–Trinajstić information content (AvgIpc) is 3.35. The number of anilines is 1. The summed E-state index contributed by atoms with van der Waals surface area (Å²) < 4.78 is 11.2. The highest BCUT2D eigenvalue weighted by Crippen LogP contribution is 2.29. The molecule has 2 aromatic heterocycles. The Morgan fingerprint density at radius 1 is 1.23 bits per heavy atom. The van der Waals surface area contributed by atoms with Crippen molar-refractivity contribution in [2.45, 2.75) is 25.3 Å². The molecule has 134 valence electrons. The molecule has 3 aromatic rings. The van der Waals surface area contributed by atoms with Gasteiger partial charge in [0.2, 0.25) is 0 Å². The minimum atomic E-state index is 0.432. The first kappa shape index (κ1) is 15.7. The first-order chi connectivity index (χ1) is 12.9. The van der Waals surface area contributed by atoms with Crippen LogP contribution in [-0.2, 0) is 12.8 Å². The van der Waals surface area contributed by atoms with Crippen LogP contribution < -0.4 is 15.0 Å². The number of ether oxygens (including phenoxy) is 1. The molecule has 0 saturated carbocycles. The number of aromatic nitrogens is 1. The second-order valence-corrected chi connectivity index (χ2v) is 7.10. The van der Waals surface area contributed by atoms with Gasteiger partial charge in [0.25, 0.3) is 0 Å². The molecule has 26 heavy (non-hydrogen) atoms. The summed E-state index contributed by atoms with van der Waals surface area (Å²) in [5, 5.41) is 4.65. The average molecular weight is 349 g/mol. The predicted molar refractivity (Wildman–Crippen MR) is 102 cm³/mol. The molecule has 2 aliphatic heterocycles. The van der Waals surface area contributed by atoms with E-state index in [0.29, 0.717) is 6.04 Å². The minimum Gasteiger partial charge on any atom is -0.493 e. The molecule has 1 fully saturated rings. The molecule has 5 heteroatoms. The molecule has 5 rings (SSSR count). The molecule has 0 aliphatic carbocycles. The van der Waals surface area contributed by atoms with Crippen LogP contribution in [0.2, 0.25) is 0 Å². The van der Waals surface area contributed by atoms with Crippen molar-refractivity contribution in [3.8, 4) is 5.75 Å². The lowest BCUT2D eigenvalue weighted by Crippen LogP contribution is -2.52. The lowest BCUT2D eigenvalue weighted by molar-refractivity contribution is 0.357. The number of rotatable bonds is 4. The summed E-state index contributed by atoms with van der Waals surface area (Å²) in [6, 6.07) is 11.0. The Bertz CT molecular complexity index is 921. The van der Waals surface area contributed by atoms with Crippen LogP contribution in [0.3, 0.4) is 0 Å². The number of aryl methyl sites for hydroxylation is 1. The van der Waals surface area contributed by atoms with Gasteiger partial charge in [-0.3, -0.25) is 0 Å². The van der Waals surface area contributed by atoms with Crippen molar-refractivity contribution in [1.29, 1.82) is 0 Å². The summed E-state index contributed by atoms with van der Waals surface area (Å²) in [4.78, 5) is 7.13. The van der Waals surface area contributed by atoms with Gasteiger partial charge in [-0.15, -0.1) is 0 Å². The van der Waals surface area contributed by atoms with Gasteiger partial charge in [-0.1, -0.05) is 12.1 Å².